The summed E-state index contributed by atoms with van der Waals surface area (Å²) in [4.78, 5) is 16.0. The summed E-state index contributed by atoms with van der Waals surface area (Å²) in [7, 11) is 1.63. The predicted molar refractivity (Wildman–Crippen MR) is 72.0 cm³/mol. The lowest BCUT2D eigenvalue weighted by Gasteiger charge is -2.10. The summed E-state index contributed by atoms with van der Waals surface area (Å²) in [5, 5.41) is 5.37. The van der Waals surface area contributed by atoms with Crippen LogP contribution in [0.25, 0.3) is 0 Å². The second kappa shape index (κ2) is 8.18. The number of amides is 1. The number of nitrogens with zero attached hydrogens (tertiary/aromatic N) is 1. The molecule has 0 bridgehead atoms. The molecule has 102 valence electrons. The smallest absolute Gasteiger partial charge is 0.229 e. The molecule has 0 saturated heterocycles. The molecule has 0 aliphatic carbocycles. The minimum Gasteiger partial charge on any atom is -0.382 e. The van der Waals surface area contributed by atoms with Crippen molar-refractivity contribution >= 4 is 22.4 Å². The molecule has 0 aliphatic rings. The Morgan fingerprint density at radius 1 is 1.50 bits per heavy atom. The number of anilines is 1. The highest BCUT2D eigenvalue weighted by molar-refractivity contribution is 7.13. The average molecular weight is 272 g/mol. The number of aromatic nitrogens is 1. The third-order valence-corrected chi connectivity index (χ3v) is 3.30. The molecule has 1 N–H and O–H groups in total. The molecule has 1 atom stereocenters. The van der Waals surface area contributed by atoms with Crippen molar-refractivity contribution in [1.82, 2.24) is 4.98 Å². The van der Waals surface area contributed by atoms with E-state index in [0.717, 1.165) is 5.69 Å². The van der Waals surface area contributed by atoms with Gasteiger partial charge in [0.2, 0.25) is 5.91 Å². The highest BCUT2D eigenvalue weighted by atomic mass is 32.1. The van der Waals surface area contributed by atoms with E-state index in [-0.39, 0.29) is 11.8 Å². The lowest BCUT2D eigenvalue weighted by molar-refractivity contribution is -0.120. The quantitative estimate of drug-likeness (QED) is 0.736. The SMILES string of the molecule is COCCOCCC(C)C(=O)Nc1nc(C)cs1. The Labute approximate surface area is 112 Å². The standard InChI is InChI=1S/C12H20N2O3S/c1-9(4-5-17-7-6-16-3)11(15)14-12-13-10(2)8-18-12/h8-9H,4-7H2,1-3H3,(H,13,14,15). The van der Waals surface area contributed by atoms with Gasteiger partial charge in [0.05, 0.1) is 18.9 Å². The van der Waals surface area contributed by atoms with E-state index in [1.54, 1.807) is 7.11 Å². The van der Waals surface area contributed by atoms with Crippen LogP contribution in [0, 0.1) is 12.8 Å². The summed E-state index contributed by atoms with van der Waals surface area (Å²) in [6.07, 6.45) is 0.694. The summed E-state index contributed by atoms with van der Waals surface area (Å²) in [6.45, 7) is 5.50. The van der Waals surface area contributed by atoms with Gasteiger partial charge in [-0.1, -0.05) is 6.92 Å². The van der Waals surface area contributed by atoms with Crippen LogP contribution in [0.5, 0.6) is 0 Å². The number of thiazole rings is 1. The van der Waals surface area contributed by atoms with Gasteiger partial charge in [-0.2, -0.15) is 0 Å². The van der Waals surface area contributed by atoms with E-state index in [1.165, 1.54) is 11.3 Å². The first-order valence-electron chi connectivity index (χ1n) is 5.93. The normalized spacial score (nSPS) is 12.4. The minimum absolute atomic E-state index is 0.0142. The highest BCUT2D eigenvalue weighted by Gasteiger charge is 2.14. The van der Waals surface area contributed by atoms with E-state index in [4.69, 9.17) is 9.47 Å². The molecule has 1 unspecified atom stereocenters. The third-order valence-electron chi connectivity index (χ3n) is 2.42. The summed E-state index contributed by atoms with van der Waals surface area (Å²) in [5.41, 5.74) is 0.922. The van der Waals surface area contributed by atoms with Gasteiger partial charge in [0.15, 0.2) is 5.13 Å². The zero-order valence-corrected chi connectivity index (χ0v) is 11.9. The van der Waals surface area contributed by atoms with Gasteiger partial charge in [-0.15, -0.1) is 11.3 Å². The van der Waals surface area contributed by atoms with Gasteiger partial charge in [0.25, 0.3) is 0 Å². The van der Waals surface area contributed by atoms with Crippen LogP contribution in [0.3, 0.4) is 0 Å². The number of hydrogen-bond donors (Lipinski definition) is 1. The van der Waals surface area contributed by atoms with Crippen LogP contribution in [0.15, 0.2) is 5.38 Å². The van der Waals surface area contributed by atoms with Crippen molar-refractivity contribution in [2.45, 2.75) is 20.3 Å². The van der Waals surface area contributed by atoms with Gasteiger partial charge >= 0.3 is 0 Å². The number of aryl methyl sites for hydroxylation is 1. The Balaban J connectivity index is 2.20. The van der Waals surface area contributed by atoms with E-state index in [2.05, 4.69) is 10.3 Å². The monoisotopic (exact) mass is 272 g/mol. The molecule has 0 saturated carbocycles. The van der Waals surface area contributed by atoms with Crippen molar-refractivity contribution in [3.8, 4) is 0 Å². The molecule has 1 heterocycles. The molecule has 1 aromatic heterocycles. The molecular weight excluding hydrogens is 252 g/mol. The van der Waals surface area contributed by atoms with Crippen molar-refractivity contribution in [1.29, 1.82) is 0 Å². The molecule has 0 aromatic carbocycles. The predicted octanol–water partition coefficient (Wildman–Crippen LogP) is 2.08. The van der Waals surface area contributed by atoms with Crippen LogP contribution in [0.4, 0.5) is 5.13 Å². The molecule has 6 heteroatoms. The molecule has 0 radical (unpaired) electrons. The first-order chi connectivity index (χ1) is 8.63. The molecule has 0 fully saturated rings. The molecular formula is C12H20N2O3S. The van der Waals surface area contributed by atoms with Crippen molar-refractivity contribution in [3.05, 3.63) is 11.1 Å². The minimum atomic E-state index is -0.0863. The van der Waals surface area contributed by atoms with Gasteiger partial charge in [-0.25, -0.2) is 4.98 Å². The number of methoxy groups -OCH3 is 1. The maximum Gasteiger partial charge on any atom is 0.229 e. The van der Waals surface area contributed by atoms with Crippen molar-refractivity contribution in [3.63, 3.8) is 0 Å². The molecule has 0 aliphatic heterocycles. The van der Waals surface area contributed by atoms with Crippen LogP contribution in [-0.2, 0) is 14.3 Å². The number of carbonyl (C=O) groups excluding carboxylic acids is 1. The maximum absolute atomic E-state index is 11.8. The highest BCUT2D eigenvalue weighted by Crippen LogP contribution is 2.16. The lowest BCUT2D eigenvalue weighted by atomic mass is 10.1. The second-order valence-electron chi connectivity index (χ2n) is 4.08. The van der Waals surface area contributed by atoms with E-state index in [0.29, 0.717) is 31.4 Å². The van der Waals surface area contributed by atoms with E-state index < -0.39 is 0 Å². The molecule has 1 aromatic rings. The fourth-order valence-electron chi connectivity index (χ4n) is 1.28. The maximum atomic E-state index is 11.8. The van der Waals surface area contributed by atoms with Gasteiger partial charge < -0.3 is 14.8 Å². The van der Waals surface area contributed by atoms with Crippen molar-refractivity contribution < 1.29 is 14.3 Å². The van der Waals surface area contributed by atoms with Crippen molar-refractivity contribution in [2.24, 2.45) is 5.92 Å². The van der Waals surface area contributed by atoms with Crippen LogP contribution in [-0.4, -0.2) is 37.8 Å². The summed E-state index contributed by atoms with van der Waals surface area (Å²) in [6, 6.07) is 0. The second-order valence-corrected chi connectivity index (χ2v) is 4.94. The van der Waals surface area contributed by atoms with Gasteiger partial charge in [0.1, 0.15) is 0 Å². The summed E-state index contributed by atoms with van der Waals surface area (Å²) in [5.74, 6) is -0.101. The van der Waals surface area contributed by atoms with E-state index >= 15 is 0 Å². The molecule has 1 rings (SSSR count). The van der Waals surface area contributed by atoms with E-state index in [9.17, 15) is 4.79 Å². The number of ether oxygens (including phenoxy) is 2. The zero-order chi connectivity index (χ0) is 13.4. The lowest BCUT2D eigenvalue weighted by Crippen LogP contribution is -2.21. The first-order valence-corrected chi connectivity index (χ1v) is 6.81. The van der Waals surface area contributed by atoms with Crippen LogP contribution >= 0.6 is 11.3 Å². The van der Waals surface area contributed by atoms with Gasteiger partial charge in [0, 0.05) is 25.0 Å². The number of hydrogen-bond acceptors (Lipinski definition) is 5. The Morgan fingerprint density at radius 2 is 2.28 bits per heavy atom. The summed E-state index contributed by atoms with van der Waals surface area (Å²) >= 11 is 1.44. The topological polar surface area (TPSA) is 60.5 Å². The third kappa shape index (κ3) is 5.57. The number of rotatable bonds is 8. The van der Waals surface area contributed by atoms with Gasteiger partial charge in [-0.05, 0) is 13.3 Å². The van der Waals surface area contributed by atoms with Crippen LogP contribution < -0.4 is 5.32 Å². The number of carbonyl (C=O) groups is 1. The molecule has 0 spiro atoms. The Kier molecular flexibility index (Phi) is 6.85. The fraction of sp³-hybridized carbons (Fsp3) is 0.667. The molecule has 18 heavy (non-hydrogen) atoms. The largest absolute Gasteiger partial charge is 0.382 e. The fourth-order valence-corrected chi connectivity index (χ4v) is 1.97. The van der Waals surface area contributed by atoms with Gasteiger partial charge in [-0.3, -0.25) is 4.79 Å². The number of nitrogens with one attached hydrogen (secondary N) is 1. The van der Waals surface area contributed by atoms with Crippen molar-refractivity contribution in [2.75, 3.05) is 32.2 Å². The van der Waals surface area contributed by atoms with E-state index in [1.807, 2.05) is 19.2 Å². The Hall–Kier alpha value is -0.980. The molecule has 5 nitrogen and oxygen atoms in total. The first kappa shape index (κ1) is 15.1. The van der Waals surface area contributed by atoms with Crippen LogP contribution in [0.2, 0.25) is 0 Å². The zero-order valence-electron chi connectivity index (χ0n) is 11.1. The molecule has 1 amide bonds. The summed E-state index contributed by atoms with van der Waals surface area (Å²) < 4.78 is 10.2. The Bertz CT molecular complexity index is 368. The average Bonchev–Trinajstić information content (AvgIpc) is 2.74. The Morgan fingerprint density at radius 3 is 2.89 bits per heavy atom. The van der Waals surface area contributed by atoms with Crippen LogP contribution in [0.1, 0.15) is 19.0 Å².